The normalized spacial score (nSPS) is 17.4. The number of carbonyl (C=O) groups is 2. The highest BCUT2D eigenvalue weighted by atomic mass is 35.5. The van der Waals surface area contributed by atoms with Crippen LogP contribution in [0.15, 0.2) is 76.9 Å². The van der Waals surface area contributed by atoms with Gasteiger partial charge in [-0.15, -0.1) is 0 Å². The van der Waals surface area contributed by atoms with E-state index in [1.165, 1.54) is 11.2 Å². The van der Waals surface area contributed by atoms with Gasteiger partial charge in [0.2, 0.25) is 0 Å². The molecule has 0 spiro atoms. The number of hydrogen-bond donors (Lipinski definition) is 1. The summed E-state index contributed by atoms with van der Waals surface area (Å²) in [5.41, 5.74) is 1.08. The van der Waals surface area contributed by atoms with Gasteiger partial charge in [-0.05, 0) is 60.5 Å². The summed E-state index contributed by atoms with van der Waals surface area (Å²) in [4.78, 5) is 27.6. The minimum Gasteiger partial charge on any atom is -0.507 e. The first-order valence-corrected chi connectivity index (χ1v) is 11.7. The van der Waals surface area contributed by atoms with E-state index in [1.54, 1.807) is 36.4 Å². The van der Waals surface area contributed by atoms with E-state index in [-0.39, 0.29) is 17.9 Å². The third kappa shape index (κ3) is 5.02. The molecule has 1 aliphatic heterocycles. The Kier molecular flexibility index (Phi) is 7.38. The molecule has 176 valence electrons. The number of ketones is 1. The smallest absolute Gasteiger partial charge is 0.296 e. The molecular formula is C27H26ClNO5. The number of nitrogens with zero attached hydrogens (tertiary/aromatic N) is 1. The summed E-state index contributed by atoms with van der Waals surface area (Å²) in [6, 6.07) is 16.4. The summed E-state index contributed by atoms with van der Waals surface area (Å²) < 4.78 is 11.3. The van der Waals surface area contributed by atoms with E-state index in [9.17, 15) is 14.7 Å². The minimum atomic E-state index is -0.806. The van der Waals surface area contributed by atoms with Gasteiger partial charge in [0.15, 0.2) is 0 Å². The van der Waals surface area contributed by atoms with Crippen molar-refractivity contribution in [2.24, 2.45) is 0 Å². The minimum absolute atomic E-state index is 0.0158. The summed E-state index contributed by atoms with van der Waals surface area (Å²) in [6.45, 7) is 2.79. The van der Waals surface area contributed by atoms with Gasteiger partial charge in [-0.1, -0.05) is 43.5 Å². The van der Waals surface area contributed by atoms with Crippen LogP contribution in [0.1, 0.15) is 49.1 Å². The van der Waals surface area contributed by atoms with Gasteiger partial charge in [-0.3, -0.25) is 9.59 Å². The second kappa shape index (κ2) is 10.6. The van der Waals surface area contributed by atoms with Crippen LogP contribution in [0.5, 0.6) is 5.75 Å². The Morgan fingerprint density at radius 3 is 2.59 bits per heavy atom. The summed E-state index contributed by atoms with van der Waals surface area (Å²) in [6.07, 6.45) is 4.62. The van der Waals surface area contributed by atoms with Gasteiger partial charge in [0.05, 0.1) is 31.0 Å². The lowest BCUT2D eigenvalue weighted by Crippen LogP contribution is -2.29. The Hall–Kier alpha value is -3.51. The second-order valence-electron chi connectivity index (χ2n) is 8.14. The van der Waals surface area contributed by atoms with Crippen molar-refractivity contribution in [3.8, 4) is 5.75 Å². The molecule has 4 rings (SSSR count). The van der Waals surface area contributed by atoms with Crippen LogP contribution < -0.4 is 4.74 Å². The van der Waals surface area contributed by atoms with E-state index in [4.69, 9.17) is 20.8 Å². The van der Waals surface area contributed by atoms with Gasteiger partial charge in [0.1, 0.15) is 17.3 Å². The lowest BCUT2D eigenvalue weighted by molar-refractivity contribution is -0.140. The fourth-order valence-electron chi connectivity index (χ4n) is 4.04. The average molecular weight is 480 g/mol. The standard InChI is InChI=1S/C27H26ClNO5/c1-2-3-4-14-33-21-8-5-7-19(16-21)24-23(25(30)18-10-12-20(28)13-11-18)26(31)27(32)29(24)17-22-9-6-15-34-22/h5-13,15-16,24,30H,2-4,14,17H2,1H3/b25-23+. The van der Waals surface area contributed by atoms with Crippen LogP contribution in [0.4, 0.5) is 0 Å². The van der Waals surface area contributed by atoms with Crippen molar-refractivity contribution in [3.05, 3.63) is 94.4 Å². The fourth-order valence-corrected chi connectivity index (χ4v) is 4.17. The topological polar surface area (TPSA) is 80.0 Å². The van der Waals surface area contributed by atoms with E-state index in [2.05, 4.69) is 6.92 Å². The van der Waals surface area contributed by atoms with Gasteiger partial charge in [0, 0.05) is 10.6 Å². The van der Waals surface area contributed by atoms with Crippen LogP contribution in [0.25, 0.3) is 5.76 Å². The Bertz CT molecular complexity index is 1180. The molecule has 3 aromatic rings. The Balaban J connectivity index is 1.76. The van der Waals surface area contributed by atoms with Gasteiger partial charge in [-0.2, -0.15) is 0 Å². The molecule has 1 atom stereocenters. The summed E-state index contributed by atoms with van der Waals surface area (Å²) in [5, 5.41) is 11.6. The van der Waals surface area contributed by atoms with Crippen molar-refractivity contribution < 1.29 is 23.8 Å². The molecule has 2 aromatic carbocycles. The lowest BCUT2D eigenvalue weighted by Gasteiger charge is -2.25. The molecule has 1 amide bonds. The molecule has 2 heterocycles. The Morgan fingerprint density at radius 2 is 1.88 bits per heavy atom. The summed E-state index contributed by atoms with van der Waals surface area (Å²) in [5.74, 6) is -0.533. The number of halogens is 1. The number of hydrogen-bond acceptors (Lipinski definition) is 5. The molecule has 0 saturated carbocycles. The molecule has 1 saturated heterocycles. The fraction of sp³-hybridized carbons (Fsp3) is 0.259. The first-order chi connectivity index (χ1) is 16.5. The average Bonchev–Trinajstić information content (AvgIpc) is 3.44. The Morgan fingerprint density at radius 1 is 1.09 bits per heavy atom. The van der Waals surface area contributed by atoms with E-state index >= 15 is 0 Å². The van der Waals surface area contributed by atoms with Crippen LogP contribution in [-0.2, 0) is 16.1 Å². The largest absolute Gasteiger partial charge is 0.507 e. The number of benzene rings is 2. The number of unbranched alkanes of at least 4 members (excludes halogenated alkanes) is 2. The van der Waals surface area contributed by atoms with Crippen LogP contribution in [0, 0.1) is 0 Å². The van der Waals surface area contributed by atoms with Crippen LogP contribution in [-0.4, -0.2) is 28.3 Å². The molecule has 0 radical (unpaired) electrons. The van der Waals surface area contributed by atoms with Gasteiger partial charge >= 0.3 is 0 Å². The van der Waals surface area contributed by atoms with Crippen molar-refractivity contribution in [2.75, 3.05) is 6.61 Å². The zero-order chi connectivity index (χ0) is 24.1. The van der Waals surface area contributed by atoms with Crippen LogP contribution in [0.2, 0.25) is 5.02 Å². The second-order valence-corrected chi connectivity index (χ2v) is 8.58. The molecule has 0 aliphatic carbocycles. The molecule has 1 unspecified atom stereocenters. The van der Waals surface area contributed by atoms with Gasteiger partial charge in [0.25, 0.3) is 11.7 Å². The molecule has 1 fully saturated rings. The monoisotopic (exact) mass is 479 g/mol. The lowest BCUT2D eigenvalue weighted by atomic mass is 9.95. The molecule has 1 N–H and O–H groups in total. The Labute approximate surface area is 203 Å². The first-order valence-electron chi connectivity index (χ1n) is 11.3. The number of aliphatic hydroxyl groups is 1. The number of carbonyl (C=O) groups excluding carboxylic acids is 2. The third-order valence-corrected chi connectivity index (χ3v) is 6.01. The molecule has 34 heavy (non-hydrogen) atoms. The van der Waals surface area contributed by atoms with Crippen molar-refractivity contribution in [1.82, 2.24) is 4.90 Å². The first kappa shape index (κ1) is 23.6. The molecular weight excluding hydrogens is 454 g/mol. The highest BCUT2D eigenvalue weighted by molar-refractivity contribution is 6.46. The molecule has 6 nitrogen and oxygen atoms in total. The molecule has 1 aromatic heterocycles. The maximum atomic E-state index is 13.1. The maximum Gasteiger partial charge on any atom is 0.296 e. The van der Waals surface area contributed by atoms with Crippen molar-refractivity contribution in [2.45, 2.75) is 38.8 Å². The number of Topliss-reactive ketones (excluding diaryl/α,β-unsaturated/α-hetero) is 1. The zero-order valence-electron chi connectivity index (χ0n) is 18.9. The molecule has 0 bridgehead atoms. The van der Waals surface area contributed by atoms with E-state index in [0.29, 0.717) is 34.3 Å². The summed E-state index contributed by atoms with van der Waals surface area (Å²) in [7, 11) is 0. The molecule has 1 aliphatic rings. The van der Waals surface area contributed by atoms with Crippen molar-refractivity contribution >= 4 is 29.1 Å². The van der Waals surface area contributed by atoms with Crippen molar-refractivity contribution in [1.29, 1.82) is 0 Å². The van der Waals surface area contributed by atoms with E-state index in [1.807, 2.05) is 24.3 Å². The molecule has 7 heteroatoms. The predicted molar refractivity (Wildman–Crippen MR) is 129 cm³/mol. The maximum absolute atomic E-state index is 13.1. The zero-order valence-corrected chi connectivity index (χ0v) is 19.6. The highest BCUT2D eigenvalue weighted by Gasteiger charge is 2.46. The van der Waals surface area contributed by atoms with Gasteiger partial charge in [-0.25, -0.2) is 0 Å². The van der Waals surface area contributed by atoms with E-state index < -0.39 is 17.7 Å². The predicted octanol–water partition coefficient (Wildman–Crippen LogP) is 6.12. The highest BCUT2D eigenvalue weighted by Crippen LogP contribution is 2.41. The van der Waals surface area contributed by atoms with Crippen molar-refractivity contribution in [3.63, 3.8) is 0 Å². The van der Waals surface area contributed by atoms with E-state index in [0.717, 1.165) is 19.3 Å². The number of likely N-dealkylation sites (tertiary alicyclic amines) is 1. The summed E-state index contributed by atoms with van der Waals surface area (Å²) >= 11 is 5.98. The number of aliphatic hydroxyl groups excluding tert-OH is 1. The van der Waals surface area contributed by atoms with Crippen LogP contribution >= 0.6 is 11.6 Å². The van der Waals surface area contributed by atoms with Gasteiger partial charge < -0.3 is 19.2 Å². The number of amides is 1. The quantitative estimate of drug-likeness (QED) is 0.173. The number of rotatable bonds is 9. The SMILES string of the molecule is CCCCCOc1cccc(C2/C(=C(\O)c3ccc(Cl)cc3)C(=O)C(=O)N2Cc2ccco2)c1. The van der Waals surface area contributed by atoms with Crippen LogP contribution in [0.3, 0.4) is 0 Å². The number of furan rings is 1. The number of ether oxygens (including phenoxy) is 1. The third-order valence-electron chi connectivity index (χ3n) is 5.75.